The second-order valence-corrected chi connectivity index (χ2v) is 5.97. The minimum absolute atomic E-state index is 0.536. The SMILES string of the molecule is CC1(C)SCCC1CCCCN. The molecule has 0 aromatic heterocycles. The minimum Gasteiger partial charge on any atom is -0.330 e. The lowest BCUT2D eigenvalue weighted by atomic mass is 9.88. The maximum atomic E-state index is 5.48. The number of thioether (sulfide) groups is 1. The van der Waals surface area contributed by atoms with Gasteiger partial charge in [-0.2, -0.15) is 11.8 Å². The van der Waals surface area contributed by atoms with Crippen molar-refractivity contribution in [3.05, 3.63) is 0 Å². The van der Waals surface area contributed by atoms with E-state index in [4.69, 9.17) is 5.73 Å². The first-order valence-corrected chi connectivity index (χ1v) is 5.99. The molecule has 1 fully saturated rings. The molecule has 1 aliphatic rings. The van der Waals surface area contributed by atoms with Crippen molar-refractivity contribution in [1.29, 1.82) is 0 Å². The zero-order chi connectivity index (χ0) is 9.03. The lowest BCUT2D eigenvalue weighted by Crippen LogP contribution is -2.21. The van der Waals surface area contributed by atoms with Gasteiger partial charge in [0, 0.05) is 4.75 Å². The molecule has 1 unspecified atom stereocenters. The Morgan fingerprint density at radius 1 is 1.42 bits per heavy atom. The molecular weight excluding hydrogens is 166 g/mol. The van der Waals surface area contributed by atoms with E-state index in [0.717, 1.165) is 12.5 Å². The van der Waals surface area contributed by atoms with Crippen LogP contribution in [0.3, 0.4) is 0 Å². The molecule has 2 N–H and O–H groups in total. The van der Waals surface area contributed by atoms with Gasteiger partial charge in [0.25, 0.3) is 0 Å². The van der Waals surface area contributed by atoms with Crippen molar-refractivity contribution in [2.24, 2.45) is 11.7 Å². The third-order valence-corrected chi connectivity index (χ3v) is 4.45. The van der Waals surface area contributed by atoms with Crippen molar-refractivity contribution < 1.29 is 0 Å². The van der Waals surface area contributed by atoms with E-state index in [1.54, 1.807) is 0 Å². The molecule has 0 aromatic carbocycles. The van der Waals surface area contributed by atoms with Crippen LogP contribution in [0.1, 0.15) is 39.5 Å². The van der Waals surface area contributed by atoms with Gasteiger partial charge in [-0.3, -0.25) is 0 Å². The molecule has 0 radical (unpaired) electrons. The Kier molecular flexibility index (Phi) is 3.91. The van der Waals surface area contributed by atoms with Crippen LogP contribution in [0.4, 0.5) is 0 Å². The standard InChI is InChI=1S/C10H21NS/c1-10(2)9(6-8-12-10)5-3-4-7-11/h9H,3-8,11H2,1-2H3. The first-order valence-electron chi connectivity index (χ1n) is 5.01. The highest BCUT2D eigenvalue weighted by Gasteiger charge is 2.34. The molecular formula is C10H21NS. The van der Waals surface area contributed by atoms with Crippen molar-refractivity contribution in [1.82, 2.24) is 0 Å². The summed E-state index contributed by atoms with van der Waals surface area (Å²) >= 11 is 2.13. The monoisotopic (exact) mass is 187 g/mol. The van der Waals surface area contributed by atoms with Crippen LogP contribution in [0, 0.1) is 5.92 Å². The van der Waals surface area contributed by atoms with Crippen molar-refractivity contribution >= 4 is 11.8 Å². The van der Waals surface area contributed by atoms with Crippen molar-refractivity contribution in [3.8, 4) is 0 Å². The van der Waals surface area contributed by atoms with Crippen LogP contribution < -0.4 is 5.73 Å². The fourth-order valence-corrected chi connectivity index (χ4v) is 3.36. The molecule has 0 amide bonds. The number of rotatable bonds is 4. The fourth-order valence-electron chi connectivity index (χ4n) is 1.96. The number of hydrogen-bond acceptors (Lipinski definition) is 2. The molecule has 0 aliphatic carbocycles. The highest BCUT2D eigenvalue weighted by Crippen LogP contribution is 2.44. The summed E-state index contributed by atoms with van der Waals surface area (Å²) in [5.74, 6) is 2.30. The van der Waals surface area contributed by atoms with Gasteiger partial charge < -0.3 is 5.73 Å². The van der Waals surface area contributed by atoms with Crippen LogP contribution in [-0.4, -0.2) is 17.0 Å². The molecule has 0 spiro atoms. The summed E-state index contributed by atoms with van der Waals surface area (Å²) in [6.07, 6.45) is 5.34. The smallest absolute Gasteiger partial charge is 0.0132 e. The Balaban J connectivity index is 2.22. The van der Waals surface area contributed by atoms with E-state index in [1.165, 1.54) is 31.4 Å². The van der Waals surface area contributed by atoms with E-state index < -0.39 is 0 Å². The van der Waals surface area contributed by atoms with E-state index in [0.29, 0.717) is 4.75 Å². The average molecular weight is 187 g/mol. The van der Waals surface area contributed by atoms with Crippen LogP contribution in [0.25, 0.3) is 0 Å². The van der Waals surface area contributed by atoms with Gasteiger partial charge in [0.2, 0.25) is 0 Å². The minimum atomic E-state index is 0.536. The molecule has 12 heavy (non-hydrogen) atoms. The number of unbranched alkanes of at least 4 members (excludes halogenated alkanes) is 1. The lowest BCUT2D eigenvalue weighted by molar-refractivity contribution is 0.391. The van der Waals surface area contributed by atoms with Gasteiger partial charge in [0.1, 0.15) is 0 Å². The second-order valence-electron chi connectivity index (χ2n) is 4.22. The summed E-state index contributed by atoms with van der Waals surface area (Å²) in [4.78, 5) is 0. The van der Waals surface area contributed by atoms with E-state index in [9.17, 15) is 0 Å². The van der Waals surface area contributed by atoms with E-state index in [1.807, 2.05) is 0 Å². The largest absolute Gasteiger partial charge is 0.330 e. The summed E-state index contributed by atoms with van der Waals surface area (Å²) < 4.78 is 0.536. The van der Waals surface area contributed by atoms with Crippen LogP contribution in [-0.2, 0) is 0 Å². The van der Waals surface area contributed by atoms with Gasteiger partial charge in [-0.1, -0.05) is 20.3 Å². The number of hydrogen-bond donors (Lipinski definition) is 1. The van der Waals surface area contributed by atoms with E-state index >= 15 is 0 Å². The van der Waals surface area contributed by atoms with Crippen LogP contribution in [0.2, 0.25) is 0 Å². The average Bonchev–Trinajstić information content (AvgIpc) is 2.32. The Morgan fingerprint density at radius 3 is 2.67 bits per heavy atom. The maximum Gasteiger partial charge on any atom is 0.0132 e. The first-order chi connectivity index (χ1) is 5.67. The molecule has 0 saturated carbocycles. The fraction of sp³-hybridized carbons (Fsp3) is 1.00. The van der Waals surface area contributed by atoms with Crippen LogP contribution in [0.15, 0.2) is 0 Å². The molecule has 1 nitrogen and oxygen atoms in total. The predicted octanol–water partition coefficient (Wildman–Crippen LogP) is 2.65. The molecule has 1 saturated heterocycles. The molecule has 72 valence electrons. The van der Waals surface area contributed by atoms with Gasteiger partial charge in [-0.05, 0) is 37.5 Å². The second kappa shape index (κ2) is 4.52. The lowest BCUT2D eigenvalue weighted by Gasteiger charge is -2.25. The summed E-state index contributed by atoms with van der Waals surface area (Å²) in [6, 6.07) is 0. The summed E-state index contributed by atoms with van der Waals surface area (Å²) in [7, 11) is 0. The third-order valence-electron chi connectivity index (χ3n) is 2.93. The molecule has 0 aromatic rings. The topological polar surface area (TPSA) is 26.0 Å². The van der Waals surface area contributed by atoms with Crippen LogP contribution >= 0.6 is 11.8 Å². The molecule has 1 rings (SSSR count). The summed E-state index contributed by atoms with van der Waals surface area (Å²) in [5, 5.41) is 0. The van der Waals surface area contributed by atoms with Gasteiger partial charge >= 0.3 is 0 Å². The maximum absolute atomic E-state index is 5.48. The van der Waals surface area contributed by atoms with Crippen molar-refractivity contribution in [2.75, 3.05) is 12.3 Å². The van der Waals surface area contributed by atoms with E-state index in [-0.39, 0.29) is 0 Å². The summed E-state index contributed by atoms with van der Waals surface area (Å²) in [5.41, 5.74) is 5.48. The molecule has 1 heterocycles. The van der Waals surface area contributed by atoms with E-state index in [2.05, 4.69) is 25.6 Å². The summed E-state index contributed by atoms with van der Waals surface area (Å²) in [6.45, 7) is 5.63. The first kappa shape index (κ1) is 10.4. The van der Waals surface area contributed by atoms with Gasteiger partial charge in [-0.25, -0.2) is 0 Å². The highest BCUT2D eigenvalue weighted by atomic mass is 32.2. The van der Waals surface area contributed by atoms with Gasteiger partial charge in [0.15, 0.2) is 0 Å². The Bertz CT molecular complexity index is 134. The molecule has 2 heteroatoms. The predicted molar refractivity (Wildman–Crippen MR) is 57.5 cm³/mol. The zero-order valence-corrected chi connectivity index (χ0v) is 9.12. The van der Waals surface area contributed by atoms with Crippen molar-refractivity contribution in [2.45, 2.75) is 44.3 Å². The Labute approximate surface area is 80.5 Å². The zero-order valence-electron chi connectivity index (χ0n) is 8.31. The Hall–Kier alpha value is 0.310. The normalized spacial score (nSPS) is 27.8. The quantitative estimate of drug-likeness (QED) is 0.685. The Morgan fingerprint density at radius 2 is 2.17 bits per heavy atom. The molecule has 1 atom stereocenters. The van der Waals surface area contributed by atoms with Crippen molar-refractivity contribution in [3.63, 3.8) is 0 Å². The highest BCUT2D eigenvalue weighted by molar-refractivity contribution is 8.00. The number of nitrogens with two attached hydrogens (primary N) is 1. The molecule has 0 bridgehead atoms. The van der Waals surface area contributed by atoms with Gasteiger partial charge in [0.05, 0.1) is 0 Å². The van der Waals surface area contributed by atoms with Gasteiger partial charge in [-0.15, -0.1) is 0 Å². The molecule has 1 aliphatic heterocycles. The van der Waals surface area contributed by atoms with Crippen LogP contribution in [0.5, 0.6) is 0 Å². The third kappa shape index (κ3) is 2.67.